The van der Waals surface area contributed by atoms with Crippen LogP contribution in [0.15, 0.2) is 0 Å². The number of hydrogen-bond acceptors (Lipinski definition) is 4. The van der Waals surface area contributed by atoms with Crippen molar-refractivity contribution >= 4 is 11.8 Å². The highest BCUT2D eigenvalue weighted by atomic mass is 16.6. The normalized spacial score (nSPS) is 19.9. The van der Waals surface area contributed by atoms with Gasteiger partial charge in [-0.15, -0.1) is 0 Å². The van der Waals surface area contributed by atoms with Gasteiger partial charge in [-0.3, -0.25) is 4.79 Å². The molecule has 1 atom stereocenters. The summed E-state index contributed by atoms with van der Waals surface area (Å²) in [5.41, 5.74) is -0.354. The quantitative estimate of drug-likeness (QED) is 0.489. The van der Waals surface area contributed by atoms with E-state index >= 15 is 0 Å². The van der Waals surface area contributed by atoms with Crippen molar-refractivity contribution in [2.24, 2.45) is 5.41 Å². The average molecular weight is 200 g/mol. The van der Waals surface area contributed by atoms with Crippen LogP contribution in [0.5, 0.6) is 0 Å². The molecule has 1 aliphatic carbocycles. The highest BCUT2D eigenvalue weighted by Gasteiger charge is 2.50. The van der Waals surface area contributed by atoms with E-state index in [2.05, 4.69) is 0 Å². The molecule has 0 radical (unpaired) electrons. The molecule has 1 aliphatic rings. The summed E-state index contributed by atoms with van der Waals surface area (Å²) >= 11 is 0. The lowest BCUT2D eigenvalue weighted by Gasteiger charge is -2.16. The maximum Gasteiger partial charge on any atom is 0.343 e. The summed E-state index contributed by atoms with van der Waals surface area (Å²) < 4.78 is 9.62. The Hall–Kier alpha value is -0.900. The molecule has 0 spiro atoms. The molecule has 1 unspecified atom stereocenters. The minimum atomic E-state index is -1.04. The Bertz CT molecular complexity index is 243. The Morgan fingerprint density at radius 1 is 1.43 bits per heavy atom. The zero-order chi connectivity index (χ0) is 10.8. The van der Waals surface area contributed by atoms with Crippen LogP contribution in [0.2, 0.25) is 0 Å². The Morgan fingerprint density at radius 2 is 2.00 bits per heavy atom. The largest absolute Gasteiger partial charge is 0.464 e. The third-order valence-corrected chi connectivity index (χ3v) is 2.57. The van der Waals surface area contributed by atoms with Gasteiger partial charge in [-0.1, -0.05) is 6.92 Å². The summed E-state index contributed by atoms with van der Waals surface area (Å²) in [6.07, 6.45) is 0.637. The summed E-state index contributed by atoms with van der Waals surface area (Å²) in [5.74, 6) is -0.730. The van der Waals surface area contributed by atoms with Gasteiger partial charge in [0.15, 0.2) is 5.78 Å². The van der Waals surface area contributed by atoms with Crippen molar-refractivity contribution in [3.63, 3.8) is 0 Å². The van der Waals surface area contributed by atoms with Crippen molar-refractivity contribution in [3.8, 4) is 0 Å². The molecule has 0 N–H and O–H groups in total. The fraction of sp³-hybridized carbons (Fsp3) is 0.800. The Balaban J connectivity index is 2.61. The molecule has 1 saturated carbocycles. The van der Waals surface area contributed by atoms with E-state index in [1.54, 1.807) is 6.92 Å². The minimum Gasteiger partial charge on any atom is -0.464 e. The number of carbonyl (C=O) groups excluding carboxylic acids is 2. The fourth-order valence-electron chi connectivity index (χ4n) is 1.28. The number of esters is 1. The van der Waals surface area contributed by atoms with Crippen LogP contribution < -0.4 is 0 Å². The van der Waals surface area contributed by atoms with E-state index in [9.17, 15) is 9.59 Å². The summed E-state index contributed by atoms with van der Waals surface area (Å²) in [5, 5.41) is 0. The number of ketones is 1. The molecular formula is C10H16O4. The van der Waals surface area contributed by atoms with Gasteiger partial charge in [0, 0.05) is 12.5 Å². The zero-order valence-electron chi connectivity index (χ0n) is 8.83. The third-order valence-electron chi connectivity index (χ3n) is 2.57. The van der Waals surface area contributed by atoms with Crippen molar-refractivity contribution in [3.05, 3.63) is 0 Å². The molecule has 0 saturated heterocycles. The van der Waals surface area contributed by atoms with Crippen LogP contribution in [0.4, 0.5) is 0 Å². The van der Waals surface area contributed by atoms with Gasteiger partial charge >= 0.3 is 5.97 Å². The monoisotopic (exact) mass is 200 g/mol. The molecule has 4 heteroatoms. The van der Waals surface area contributed by atoms with E-state index in [-0.39, 0.29) is 17.8 Å². The molecule has 0 aromatic heterocycles. The molecule has 0 aliphatic heterocycles. The zero-order valence-corrected chi connectivity index (χ0v) is 8.83. The smallest absolute Gasteiger partial charge is 0.343 e. The molecule has 1 fully saturated rings. The number of carbonyl (C=O) groups is 2. The van der Waals surface area contributed by atoms with E-state index < -0.39 is 12.1 Å². The van der Waals surface area contributed by atoms with Gasteiger partial charge in [0.1, 0.15) is 0 Å². The number of Topliss-reactive ketones (excluding diaryl/α,β-unsaturated/α-hetero) is 1. The molecule has 1 rings (SSSR count). The first-order valence-electron chi connectivity index (χ1n) is 4.79. The van der Waals surface area contributed by atoms with Crippen molar-refractivity contribution in [1.29, 1.82) is 0 Å². The second-order valence-corrected chi connectivity index (χ2v) is 3.79. The van der Waals surface area contributed by atoms with Gasteiger partial charge in [0.25, 0.3) is 0 Å². The summed E-state index contributed by atoms with van der Waals surface area (Å²) in [7, 11) is 1.35. The predicted octanol–water partition coefficient (Wildman–Crippen LogP) is 0.934. The van der Waals surface area contributed by atoms with Crippen LogP contribution in [0, 0.1) is 5.41 Å². The van der Waals surface area contributed by atoms with Gasteiger partial charge in [-0.05, 0) is 19.8 Å². The van der Waals surface area contributed by atoms with E-state index in [4.69, 9.17) is 9.47 Å². The molecule has 4 nitrogen and oxygen atoms in total. The van der Waals surface area contributed by atoms with Crippen LogP contribution in [0.25, 0.3) is 0 Å². The molecular weight excluding hydrogens is 184 g/mol. The van der Waals surface area contributed by atoms with Gasteiger partial charge < -0.3 is 9.47 Å². The second-order valence-electron chi connectivity index (χ2n) is 3.79. The standard InChI is InChI=1S/C10H16O4/c1-4-14-9(12)7(13-3)8(11)10(2)5-6-10/h7H,4-6H2,1-3H3. The number of ether oxygens (including phenoxy) is 2. The number of hydrogen-bond donors (Lipinski definition) is 0. The highest BCUT2D eigenvalue weighted by molar-refractivity contribution is 6.05. The molecule has 0 amide bonds. The van der Waals surface area contributed by atoms with Crippen molar-refractivity contribution in [2.75, 3.05) is 13.7 Å². The summed E-state index contributed by atoms with van der Waals surface area (Å²) in [4.78, 5) is 23.1. The van der Waals surface area contributed by atoms with Gasteiger partial charge in [0.05, 0.1) is 6.61 Å². The van der Waals surface area contributed by atoms with Gasteiger partial charge in [0.2, 0.25) is 6.10 Å². The first-order valence-corrected chi connectivity index (χ1v) is 4.79. The fourth-order valence-corrected chi connectivity index (χ4v) is 1.28. The van der Waals surface area contributed by atoms with Crippen molar-refractivity contribution in [2.45, 2.75) is 32.8 Å². The van der Waals surface area contributed by atoms with Crippen LogP contribution >= 0.6 is 0 Å². The molecule has 0 aromatic rings. The average Bonchev–Trinajstić information content (AvgIpc) is 2.86. The lowest BCUT2D eigenvalue weighted by molar-refractivity contribution is -0.161. The second kappa shape index (κ2) is 4.09. The third kappa shape index (κ3) is 2.12. The molecule has 0 aromatic carbocycles. The lowest BCUT2D eigenvalue weighted by Crippen LogP contribution is -2.37. The summed E-state index contributed by atoms with van der Waals surface area (Å²) in [6.45, 7) is 3.82. The maximum absolute atomic E-state index is 11.7. The minimum absolute atomic E-state index is 0.154. The molecule has 0 bridgehead atoms. The highest BCUT2D eigenvalue weighted by Crippen LogP contribution is 2.46. The molecule has 14 heavy (non-hydrogen) atoms. The Morgan fingerprint density at radius 3 is 2.36 bits per heavy atom. The maximum atomic E-state index is 11.7. The van der Waals surface area contributed by atoms with E-state index in [0.717, 1.165) is 12.8 Å². The van der Waals surface area contributed by atoms with Crippen molar-refractivity contribution in [1.82, 2.24) is 0 Å². The Labute approximate surface area is 83.6 Å². The number of rotatable bonds is 5. The van der Waals surface area contributed by atoms with Crippen LogP contribution in [-0.2, 0) is 19.1 Å². The van der Waals surface area contributed by atoms with Crippen molar-refractivity contribution < 1.29 is 19.1 Å². The van der Waals surface area contributed by atoms with E-state index in [1.807, 2.05) is 6.92 Å². The number of methoxy groups -OCH3 is 1. The first-order chi connectivity index (χ1) is 6.55. The topological polar surface area (TPSA) is 52.6 Å². The van der Waals surface area contributed by atoms with E-state index in [1.165, 1.54) is 7.11 Å². The van der Waals surface area contributed by atoms with Gasteiger partial charge in [-0.25, -0.2) is 4.79 Å². The SMILES string of the molecule is CCOC(=O)C(OC)C(=O)C1(C)CC1. The predicted molar refractivity (Wildman–Crippen MR) is 49.8 cm³/mol. The first kappa shape index (κ1) is 11.2. The molecule has 0 heterocycles. The Kier molecular flexibility index (Phi) is 3.26. The van der Waals surface area contributed by atoms with Gasteiger partial charge in [-0.2, -0.15) is 0 Å². The van der Waals surface area contributed by atoms with Crippen LogP contribution in [0.3, 0.4) is 0 Å². The lowest BCUT2D eigenvalue weighted by atomic mass is 9.99. The van der Waals surface area contributed by atoms with Crippen LogP contribution in [0.1, 0.15) is 26.7 Å². The molecule has 80 valence electrons. The summed E-state index contributed by atoms with van der Waals surface area (Å²) in [6, 6.07) is 0. The van der Waals surface area contributed by atoms with Crippen LogP contribution in [-0.4, -0.2) is 31.6 Å². The van der Waals surface area contributed by atoms with E-state index in [0.29, 0.717) is 0 Å².